The molecule has 0 radical (unpaired) electrons. The van der Waals surface area contributed by atoms with Gasteiger partial charge in [0.15, 0.2) is 11.5 Å². The highest BCUT2D eigenvalue weighted by Crippen LogP contribution is 2.37. The van der Waals surface area contributed by atoms with E-state index in [2.05, 4.69) is 14.9 Å². The fourth-order valence-electron chi connectivity index (χ4n) is 2.41. The maximum absolute atomic E-state index is 11.3. The number of anilines is 1. The van der Waals surface area contributed by atoms with Crippen LogP contribution in [-0.2, 0) is 10.0 Å². The van der Waals surface area contributed by atoms with Crippen molar-refractivity contribution in [3.8, 4) is 34.3 Å². The smallest absolute Gasteiger partial charge is 0.262 e. The first kappa shape index (κ1) is 17.7. The van der Waals surface area contributed by atoms with Crippen molar-refractivity contribution in [3.63, 3.8) is 0 Å². The summed E-state index contributed by atoms with van der Waals surface area (Å²) in [6.07, 6.45) is 1.09. The van der Waals surface area contributed by atoms with Crippen molar-refractivity contribution in [1.29, 1.82) is 0 Å². The van der Waals surface area contributed by atoms with E-state index in [0.717, 1.165) is 6.26 Å². The zero-order valence-electron chi connectivity index (χ0n) is 14.4. The number of sulfonamides is 1. The zero-order valence-corrected chi connectivity index (χ0v) is 15.2. The number of para-hydroxylation sites is 1. The summed E-state index contributed by atoms with van der Waals surface area (Å²) in [5.74, 6) is 1.71. The molecule has 0 aliphatic heterocycles. The third-order valence-electron chi connectivity index (χ3n) is 3.51. The molecule has 1 N–H and O–H groups in total. The first-order valence-electron chi connectivity index (χ1n) is 7.54. The minimum absolute atomic E-state index is 0.286. The van der Waals surface area contributed by atoms with Crippen LogP contribution in [0.1, 0.15) is 0 Å². The van der Waals surface area contributed by atoms with Gasteiger partial charge in [0, 0.05) is 11.3 Å². The van der Waals surface area contributed by atoms with Crippen LogP contribution in [0, 0.1) is 0 Å². The number of hydrogen-bond acceptors (Lipinski definition) is 7. The molecule has 9 heteroatoms. The second-order valence-electron chi connectivity index (χ2n) is 5.42. The normalized spacial score (nSPS) is 11.2. The van der Waals surface area contributed by atoms with E-state index in [1.54, 1.807) is 49.6 Å². The van der Waals surface area contributed by atoms with Gasteiger partial charge < -0.3 is 14.0 Å². The standard InChI is InChI=1S/C17H17N3O5S/c1-23-14-6-4-5-13(15(14)24-2)17-18-16(19-25-17)11-7-9-12(10-8-11)20-26(3,21)22/h4-10,20H,1-3H3. The highest BCUT2D eigenvalue weighted by atomic mass is 32.2. The molecule has 1 heterocycles. The van der Waals surface area contributed by atoms with Gasteiger partial charge in [0.1, 0.15) is 0 Å². The Morgan fingerprint density at radius 1 is 1.04 bits per heavy atom. The molecule has 0 aliphatic carbocycles. The van der Waals surface area contributed by atoms with Crippen LogP contribution in [0.2, 0.25) is 0 Å². The number of nitrogens with one attached hydrogen (secondary N) is 1. The van der Waals surface area contributed by atoms with Crippen molar-refractivity contribution < 1.29 is 22.4 Å². The molecule has 8 nitrogen and oxygen atoms in total. The van der Waals surface area contributed by atoms with Crippen molar-refractivity contribution in [2.24, 2.45) is 0 Å². The van der Waals surface area contributed by atoms with E-state index in [0.29, 0.717) is 34.1 Å². The maximum atomic E-state index is 11.3. The second kappa shape index (κ2) is 7.04. The maximum Gasteiger partial charge on any atom is 0.262 e. The van der Waals surface area contributed by atoms with Gasteiger partial charge in [-0.15, -0.1) is 0 Å². The first-order chi connectivity index (χ1) is 12.4. The summed E-state index contributed by atoms with van der Waals surface area (Å²) in [7, 11) is -0.244. The monoisotopic (exact) mass is 375 g/mol. The third kappa shape index (κ3) is 3.77. The van der Waals surface area contributed by atoms with Crippen LogP contribution in [0.5, 0.6) is 11.5 Å². The van der Waals surface area contributed by atoms with Crippen molar-refractivity contribution >= 4 is 15.7 Å². The van der Waals surface area contributed by atoms with Gasteiger partial charge in [0.25, 0.3) is 5.89 Å². The Morgan fingerprint density at radius 3 is 2.38 bits per heavy atom. The Labute approximate surface area is 150 Å². The van der Waals surface area contributed by atoms with Gasteiger partial charge in [-0.25, -0.2) is 8.42 Å². The largest absolute Gasteiger partial charge is 0.493 e. The number of ether oxygens (including phenoxy) is 2. The summed E-state index contributed by atoms with van der Waals surface area (Å²) in [6.45, 7) is 0. The van der Waals surface area contributed by atoms with Gasteiger partial charge >= 0.3 is 0 Å². The predicted octanol–water partition coefficient (Wildman–Crippen LogP) is 2.79. The summed E-state index contributed by atoms with van der Waals surface area (Å²) >= 11 is 0. The van der Waals surface area contributed by atoms with Crippen LogP contribution in [0.3, 0.4) is 0 Å². The fourth-order valence-corrected chi connectivity index (χ4v) is 2.97. The topological polar surface area (TPSA) is 104 Å². The molecule has 26 heavy (non-hydrogen) atoms. The summed E-state index contributed by atoms with van der Waals surface area (Å²) < 4.78 is 40.9. The SMILES string of the molecule is COc1cccc(-c2nc(-c3ccc(NS(C)(=O)=O)cc3)no2)c1OC. The van der Waals surface area contributed by atoms with Gasteiger partial charge in [0.2, 0.25) is 15.8 Å². The van der Waals surface area contributed by atoms with Gasteiger partial charge in [-0.2, -0.15) is 4.98 Å². The van der Waals surface area contributed by atoms with Gasteiger partial charge in [-0.1, -0.05) is 11.2 Å². The Kier molecular flexibility index (Phi) is 4.81. The molecule has 2 aromatic carbocycles. The van der Waals surface area contributed by atoms with E-state index in [1.807, 2.05) is 0 Å². The average molecular weight is 375 g/mol. The molecule has 3 rings (SSSR count). The van der Waals surface area contributed by atoms with E-state index >= 15 is 0 Å². The van der Waals surface area contributed by atoms with Crippen LogP contribution in [0.25, 0.3) is 22.8 Å². The molecule has 3 aromatic rings. The van der Waals surface area contributed by atoms with E-state index in [-0.39, 0.29) is 5.89 Å². The van der Waals surface area contributed by atoms with Crippen molar-refractivity contribution in [3.05, 3.63) is 42.5 Å². The lowest BCUT2D eigenvalue weighted by molar-refractivity contribution is 0.353. The lowest BCUT2D eigenvalue weighted by atomic mass is 10.1. The Morgan fingerprint density at radius 2 is 1.77 bits per heavy atom. The molecule has 0 spiro atoms. The summed E-state index contributed by atoms with van der Waals surface area (Å²) in [6, 6.07) is 12.0. The second-order valence-corrected chi connectivity index (χ2v) is 7.16. The van der Waals surface area contributed by atoms with E-state index in [4.69, 9.17) is 14.0 Å². The molecule has 0 unspecified atom stereocenters. The molecule has 0 bridgehead atoms. The van der Waals surface area contributed by atoms with Crippen LogP contribution in [0.15, 0.2) is 47.0 Å². The van der Waals surface area contributed by atoms with Crippen LogP contribution in [-0.4, -0.2) is 39.0 Å². The molecule has 0 fully saturated rings. The molecular weight excluding hydrogens is 358 g/mol. The first-order valence-corrected chi connectivity index (χ1v) is 9.43. The molecule has 0 amide bonds. The van der Waals surface area contributed by atoms with Crippen LogP contribution in [0.4, 0.5) is 5.69 Å². The predicted molar refractivity (Wildman–Crippen MR) is 96.7 cm³/mol. The number of rotatable bonds is 6. The molecule has 0 saturated heterocycles. The van der Waals surface area contributed by atoms with Crippen LogP contribution < -0.4 is 14.2 Å². The summed E-state index contributed by atoms with van der Waals surface area (Å²) in [5, 5.41) is 3.98. The number of methoxy groups -OCH3 is 2. The van der Waals surface area contributed by atoms with Crippen molar-refractivity contribution in [2.75, 3.05) is 25.2 Å². The summed E-state index contributed by atoms with van der Waals surface area (Å²) in [4.78, 5) is 4.39. The highest BCUT2D eigenvalue weighted by Gasteiger charge is 2.18. The molecule has 0 aliphatic rings. The highest BCUT2D eigenvalue weighted by molar-refractivity contribution is 7.92. The van der Waals surface area contributed by atoms with E-state index < -0.39 is 10.0 Å². The lowest BCUT2D eigenvalue weighted by Crippen LogP contribution is -2.09. The van der Waals surface area contributed by atoms with Gasteiger partial charge in [-0.05, 0) is 36.4 Å². The Bertz CT molecular complexity index is 1010. The Hall–Kier alpha value is -3.07. The Balaban J connectivity index is 1.91. The quantitative estimate of drug-likeness (QED) is 0.706. The number of nitrogens with zero attached hydrogens (tertiary/aromatic N) is 2. The van der Waals surface area contributed by atoms with E-state index in [9.17, 15) is 8.42 Å². The molecule has 0 saturated carbocycles. The van der Waals surface area contributed by atoms with Gasteiger partial charge in [0.05, 0.1) is 26.0 Å². The van der Waals surface area contributed by atoms with Crippen molar-refractivity contribution in [2.45, 2.75) is 0 Å². The molecule has 0 atom stereocenters. The minimum atomic E-state index is -3.33. The zero-order chi connectivity index (χ0) is 18.7. The number of hydrogen-bond donors (Lipinski definition) is 1. The molecular formula is C17H17N3O5S. The molecule has 136 valence electrons. The summed E-state index contributed by atoms with van der Waals surface area (Å²) in [5.41, 5.74) is 1.75. The lowest BCUT2D eigenvalue weighted by Gasteiger charge is -2.09. The third-order valence-corrected chi connectivity index (χ3v) is 4.11. The minimum Gasteiger partial charge on any atom is -0.493 e. The number of aromatic nitrogens is 2. The van der Waals surface area contributed by atoms with Crippen LogP contribution >= 0.6 is 0 Å². The average Bonchev–Trinajstić information content (AvgIpc) is 3.10. The number of benzene rings is 2. The van der Waals surface area contributed by atoms with Gasteiger partial charge in [-0.3, -0.25) is 4.72 Å². The van der Waals surface area contributed by atoms with Crippen molar-refractivity contribution in [1.82, 2.24) is 10.1 Å². The van der Waals surface area contributed by atoms with E-state index in [1.165, 1.54) is 7.11 Å². The molecule has 1 aromatic heterocycles. The fraction of sp³-hybridized carbons (Fsp3) is 0.176.